The summed E-state index contributed by atoms with van der Waals surface area (Å²) < 4.78 is 46.3. The van der Waals surface area contributed by atoms with Crippen LogP contribution in [0.4, 0.5) is 4.39 Å². The van der Waals surface area contributed by atoms with Crippen LogP contribution in [0.15, 0.2) is 36.4 Å². The van der Waals surface area contributed by atoms with Gasteiger partial charge >= 0.3 is 0 Å². The molecule has 0 bridgehead atoms. The number of rotatable bonds is 8. The lowest BCUT2D eigenvalue weighted by Crippen LogP contribution is -2.44. The number of nitrogens with one attached hydrogen (secondary N) is 1. The first-order valence-corrected chi connectivity index (χ1v) is 13.0. The van der Waals surface area contributed by atoms with E-state index in [0.29, 0.717) is 12.8 Å². The molecule has 6 nitrogen and oxygen atoms in total. The van der Waals surface area contributed by atoms with Gasteiger partial charge in [-0.2, -0.15) is 0 Å². The normalized spacial score (nSPS) is 16.4. The summed E-state index contributed by atoms with van der Waals surface area (Å²) in [5.74, 6) is -0.694. The molecule has 1 N–H and O–H groups in total. The van der Waals surface area contributed by atoms with Gasteiger partial charge < -0.3 is 10.1 Å². The molecule has 180 valence electrons. The maximum absolute atomic E-state index is 14.1. The Hall–Kier alpha value is -2.16. The number of amides is 1. The molecule has 0 aromatic heterocycles. The average molecular weight is 497 g/mol. The predicted octanol–water partition coefficient (Wildman–Crippen LogP) is 4.61. The van der Waals surface area contributed by atoms with Crippen LogP contribution in [-0.2, 0) is 20.6 Å². The fourth-order valence-corrected chi connectivity index (χ4v) is 6.09. The molecule has 1 heterocycles. The molecule has 0 aliphatic carbocycles. The fraction of sp³-hybridized carbons (Fsp3) is 0.458. The summed E-state index contributed by atoms with van der Waals surface area (Å²) >= 11 is 6.00. The minimum atomic E-state index is -3.75. The van der Waals surface area contributed by atoms with Crippen molar-refractivity contribution in [3.05, 3.63) is 63.9 Å². The monoisotopic (exact) mass is 496 g/mol. The van der Waals surface area contributed by atoms with Gasteiger partial charge in [0.05, 0.1) is 18.9 Å². The van der Waals surface area contributed by atoms with Crippen LogP contribution >= 0.6 is 11.6 Å². The number of ether oxygens (including phenoxy) is 1. The van der Waals surface area contributed by atoms with Crippen molar-refractivity contribution in [2.45, 2.75) is 44.9 Å². The molecule has 0 radical (unpaired) electrons. The second-order valence-electron chi connectivity index (χ2n) is 8.33. The first-order chi connectivity index (χ1) is 15.7. The van der Waals surface area contributed by atoms with Gasteiger partial charge in [-0.25, -0.2) is 17.1 Å². The van der Waals surface area contributed by atoms with Crippen LogP contribution in [0.25, 0.3) is 0 Å². The zero-order chi connectivity index (χ0) is 24.2. The van der Waals surface area contributed by atoms with Gasteiger partial charge in [-0.1, -0.05) is 36.7 Å². The Morgan fingerprint density at radius 2 is 1.97 bits per heavy atom. The molecule has 33 heavy (non-hydrogen) atoms. The van der Waals surface area contributed by atoms with E-state index in [9.17, 15) is 17.6 Å². The Labute approximate surface area is 200 Å². The van der Waals surface area contributed by atoms with Crippen molar-refractivity contribution in [3.63, 3.8) is 0 Å². The van der Waals surface area contributed by atoms with E-state index in [1.54, 1.807) is 7.11 Å². The Morgan fingerprint density at radius 3 is 2.55 bits per heavy atom. The summed E-state index contributed by atoms with van der Waals surface area (Å²) in [5, 5.41) is 3.20. The molecule has 0 unspecified atom stereocenters. The van der Waals surface area contributed by atoms with E-state index < -0.39 is 21.6 Å². The predicted molar refractivity (Wildman–Crippen MR) is 127 cm³/mol. The topological polar surface area (TPSA) is 75.7 Å². The number of nitrogens with zero attached hydrogens (tertiary/aromatic N) is 1. The van der Waals surface area contributed by atoms with Crippen LogP contribution in [0.1, 0.15) is 48.9 Å². The molecule has 2 aromatic carbocycles. The highest BCUT2D eigenvalue weighted by molar-refractivity contribution is 7.88. The van der Waals surface area contributed by atoms with Crippen molar-refractivity contribution in [1.82, 2.24) is 9.62 Å². The number of aryl methyl sites for hydroxylation is 1. The Morgan fingerprint density at radius 1 is 1.27 bits per heavy atom. The van der Waals surface area contributed by atoms with Crippen LogP contribution < -0.4 is 10.1 Å². The van der Waals surface area contributed by atoms with Gasteiger partial charge in [0.1, 0.15) is 11.6 Å². The molecule has 3 rings (SSSR count). The van der Waals surface area contributed by atoms with Gasteiger partial charge in [-0.15, -0.1) is 0 Å². The van der Waals surface area contributed by atoms with Crippen LogP contribution in [0, 0.1) is 18.7 Å². The average Bonchev–Trinajstić information content (AvgIpc) is 2.80. The molecule has 1 saturated heterocycles. The molecule has 1 aliphatic heterocycles. The quantitative estimate of drug-likeness (QED) is 0.579. The molecule has 0 spiro atoms. The van der Waals surface area contributed by atoms with Gasteiger partial charge in [0.15, 0.2) is 0 Å². The lowest BCUT2D eigenvalue weighted by Gasteiger charge is -2.31. The van der Waals surface area contributed by atoms with Gasteiger partial charge in [0, 0.05) is 29.6 Å². The van der Waals surface area contributed by atoms with E-state index in [4.69, 9.17) is 16.3 Å². The summed E-state index contributed by atoms with van der Waals surface area (Å²) in [6.07, 6.45) is 1.55. The lowest BCUT2D eigenvalue weighted by molar-refractivity contribution is -0.126. The number of carbonyl (C=O) groups is 1. The van der Waals surface area contributed by atoms with Crippen molar-refractivity contribution >= 4 is 27.5 Å². The fourth-order valence-electron chi connectivity index (χ4n) is 4.17. The lowest BCUT2D eigenvalue weighted by atomic mass is 9.95. The smallest absolute Gasteiger partial charge is 0.223 e. The first kappa shape index (κ1) is 25.5. The third-order valence-electron chi connectivity index (χ3n) is 6.15. The third kappa shape index (κ3) is 6.05. The van der Waals surface area contributed by atoms with Crippen molar-refractivity contribution in [2.24, 2.45) is 5.92 Å². The summed E-state index contributed by atoms with van der Waals surface area (Å²) in [7, 11) is -2.12. The van der Waals surface area contributed by atoms with E-state index >= 15 is 0 Å². The maximum Gasteiger partial charge on any atom is 0.223 e. The molecule has 0 saturated carbocycles. The first-order valence-electron chi connectivity index (χ1n) is 11.0. The van der Waals surface area contributed by atoms with Crippen LogP contribution in [0.5, 0.6) is 5.75 Å². The number of methoxy groups -OCH3 is 1. The minimum Gasteiger partial charge on any atom is -0.496 e. The number of sulfonamides is 1. The molecule has 2 aromatic rings. The number of piperidine rings is 1. The largest absolute Gasteiger partial charge is 0.496 e. The number of halogens is 2. The van der Waals surface area contributed by atoms with E-state index in [1.807, 2.05) is 32.0 Å². The second-order valence-corrected chi connectivity index (χ2v) is 10.7. The van der Waals surface area contributed by atoms with Crippen molar-refractivity contribution in [1.29, 1.82) is 0 Å². The molecule has 9 heteroatoms. The number of benzene rings is 2. The second kappa shape index (κ2) is 10.8. The van der Waals surface area contributed by atoms with E-state index in [-0.39, 0.29) is 41.5 Å². The van der Waals surface area contributed by atoms with Gasteiger partial charge in [-0.3, -0.25) is 4.79 Å². The zero-order valence-electron chi connectivity index (χ0n) is 19.1. The van der Waals surface area contributed by atoms with Crippen molar-refractivity contribution < 1.29 is 22.3 Å². The summed E-state index contributed by atoms with van der Waals surface area (Å²) in [5.41, 5.74) is 1.97. The molecular weight excluding hydrogens is 467 g/mol. The Kier molecular flexibility index (Phi) is 8.37. The SMILES string of the molecule is CC[C@@H](NC(=O)C1CCN(S(=O)(=O)Cc2c(F)cccc2Cl)CC1)c1ccc(OC)c(C)c1. The van der Waals surface area contributed by atoms with E-state index in [2.05, 4.69) is 5.32 Å². The Bertz CT molecular complexity index is 1080. The standard InChI is InChI=1S/C24H30ClFN2O4S/c1-4-22(18-8-9-23(32-3)16(2)14-18)27-24(29)17-10-12-28(13-11-17)33(30,31)15-19-20(25)6-5-7-21(19)26/h5-9,14,17,22H,4,10-13,15H2,1-3H3,(H,27,29)/t22-/m1/s1. The Balaban J connectivity index is 1.60. The highest BCUT2D eigenvalue weighted by Gasteiger charge is 2.32. The molecular formula is C24H30ClFN2O4S. The van der Waals surface area contributed by atoms with Crippen LogP contribution in [-0.4, -0.2) is 38.8 Å². The van der Waals surface area contributed by atoms with Gasteiger partial charge in [0.25, 0.3) is 0 Å². The summed E-state index contributed by atoms with van der Waals surface area (Å²) in [4.78, 5) is 12.9. The highest BCUT2D eigenvalue weighted by atomic mass is 35.5. The minimum absolute atomic E-state index is 0.0281. The zero-order valence-corrected chi connectivity index (χ0v) is 20.7. The summed E-state index contributed by atoms with van der Waals surface area (Å²) in [6, 6.07) is 9.83. The van der Waals surface area contributed by atoms with Crippen molar-refractivity contribution in [2.75, 3.05) is 20.2 Å². The number of hydrogen-bond donors (Lipinski definition) is 1. The van der Waals surface area contributed by atoms with E-state index in [1.165, 1.54) is 22.5 Å². The van der Waals surface area contributed by atoms with Crippen molar-refractivity contribution in [3.8, 4) is 5.75 Å². The molecule has 1 aliphatic rings. The number of carbonyl (C=O) groups excluding carboxylic acids is 1. The van der Waals surface area contributed by atoms with Gasteiger partial charge in [-0.05, 0) is 55.5 Å². The third-order valence-corrected chi connectivity index (χ3v) is 8.31. The molecule has 1 fully saturated rings. The number of hydrogen-bond acceptors (Lipinski definition) is 4. The van der Waals surface area contributed by atoms with E-state index in [0.717, 1.165) is 23.3 Å². The van der Waals surface area contributed by atoms with Crippen LogP contribution in [0.3, 0.4) is 0 Å². The molecule has 1 amide bonds. The highest BCUT2D eigenvalue weighted by Crippen LogP contribution is 2.28. The van der Waals surface area contributed by atoms with Crippen LogP contribution in [0.2, 0.25) is 5.02 Å². The maximum atomic E-state index is 14.1. The van der Waals surface area contributed by atoms with Gasteiger partial charge in [0.2, 0.25) is 15.9 Å². The molecule has 1 atom stereocenters. The summed E-state index contributed by atoms with van der Waals surface area (Å²) in [6.45, 7) is 4.39.